The molecule has 1 amide bonds. The maximum Gasteiger partial charge on any atom is 0.410 e. The molecule has 0 radical (unpaired) electrons. The van der Waals surface area contributed by atoms with Crippen molar-refractivity contribution < 1.29 is 14.6 Å². The lowest BCUT2D eigenvalue weighted by molar-refractivity contribution is -0.00650. The molecular formula is C13H27N3O3. The molecule has 0 aromatic carbocycles. The molecule has 6 heteroatoms. The first kappa shape index (κ1) is 16.2. The van der Waals surface area contributed by atoms with E-state index in [1.54, 1.807) is 4.90 Å². The van der Waals surface area contributed by atoms with Gasteiger partial charge in [0, 0.05) is 26.2 Å². The highest BCUT2D eigenvalue weighted by molar-refractivity contribution is 5.68. The minimum atomic E-state index is -0.582. The van der Waals surface area contributed by atoms with E-state index in [1.807, 2.05) is 27.8 Å². The zero-order chi connectivity index (χ0) is 14.6. The number of aliphatic hydroxyl groups excluding tert-OH is 1. The Hall–Kier alpha value is -0.850. The van der Waals surface area contributed by atoms with Crippen molar-refractivity contribution in [3.8, 4) is 0 Å². The third-order valence-corrected chi connectivity index (χ3v) is 3.13. The van der Waals surface area contributed by atoms with Crippen LogP contribution < -0.4 is 5.73 Å². The van der Waals surface area contributed by atoms with Crippen LogP contribution in [-0.2, 0) is 4.74 Å². The van der Waals surface area contributed by atoms with Gasteiger partial charge in [0.1, 0.15) is 5.60 Å². The first-order valence-corrected chi connectivity index (χ1v) is 6.79. The molecule has 0 aliphatic carbocycles. The van der Waals surface area contributed by atoms with Crippen LogP contribution in [0.1, 0.15) is 27.2 Å². The second kappa shape index (κ2) is 6.54. The number of amides is 1. The predicted molar refractivity (Wildman–Crippen MR) is 73.9 cm³/mol. The fourth-order valence-corrected chi connectivity index (χ4v) is 2.18. The van der Waals surface area contributed by atoms with Crippen molar-refractivity contribution in [2.45, 2.75) is 44.9 Å². The van der Waals surface area contributed by atoms with Crippen LogP contribution in [0.4, 0.5) is 4.79 Å². The van der Waals surface area contributed by atoms with Crippen molar-refractivity contribution in [2.75, 3.05) is 33.2 Å². The number of ether oxygens (including phenoxy) is 1. The van der Waals surface area contributed by atoms with Crippen LogP contribution >= 0.6 is 0 Å². The number of piperazine rings is 1. The van der Waals surface area contributed by atoms with E-state index in [1.165, 1.54) is 0 Å². The molecule has 1 aliphatic rings. The lowest BCUT2D eigenvalue weighted by atomic mass is 10.1. The van der Waals surface area contributed by atoms with Crippen LogP contribution in [0.15, 0.2) is 0 Å². The quantitative estimate of drug-likeness (QED) is 0.770. The fourth-order valence-electron chi connectivity index (χ4n) is 2.18. The van der Waals surface area contributed by atoms with E-state index in [2.05, 4.69) is 4.90 Å². The lowest BCUT2D eigenvalue weighted by Gasteiger charge is -2.41. The van der Waals surface area contributed by atoms with Crippen LogP contribution in [0, 0.1) is 0 Å². The van der Waals surface area contributed by atoms with Gasteiger partial charge < -0.3 is 25.4 Å². The summed E-state index contributed by atoms with van der Waals surface area (Å²) in [5.74, 6) is 0. The second-order valence-corrected chi connectivity index (χ2v) is 6.22. The van der Waals surface area contributed by atoms with Gasteiger partial charge in [0.05, 0.1) is 12.1 Å². The number of hydrogen-bond donors (Lipinski definition) is 2. The summed E-state index contributed by atoms with van der Waals surface area (Å²) in [6.45, 7) is 7.93. The average Bonchev–Trinajstić information content (AvgIpc) is 2.26. The van der Waals surface area contributed by atoms with Gasteiger partial charge in [-0.1, -0.05) is 0 Å². The molecule has 1 aliphatic heterocycles. The summed E-state index contributed by atoms with van der Waals surface area (Å²) in [6.07, 6.45) is -0.406. The van der Waals surface area contributed by atoms with E-state index in [0.717, 1.165) is 13.1 Å². The van der Waals surface area contributed by atoms with E-state index in [9.17, 15) is 9.90 Å². The van der Waals surface area contributed by atoms with Gasteiger partial charge in [-0.25, -0.2) is 4.79 Å². The van der Waals surface area contributed by atoms with E-state index >= 15 is 0 Å². The Morgan fingerprint density at radius 3 is 2.63 bits per heavy atom. The van der Waals surface area contributed by atoms with Crippen molar-refractivity contribution in [3.63, 3.8) is 0 Å². The summed E-state index contributed by atoms with van der Waals surface area (Å²) in [6, 6.07) is -0.0489. The molecule has 0 aromatic rings. The predicted octanol–water partition coefficient (Wildman–Crippen LogP) is 0.247. The Balaban J connectivity index is 2.68. The molecule has 2 unspecified atom stereocenters. The minimum Gasteiger partial charge on any atom is -0.444 e. The zero-order valence-corrected chi connectivity index (χ0v) is 12.4. The summed E-state index contributed by atoms with van der Waals surface area (Å²) in [4.78, 5) is 16.0. The highest BCUT2D eigenvalue weighted by atomic mass is 16.6. The number of carbonyl (C=O) groups is 1. The van der Waals surface area contributed by atoms with E-state index in [4.69, 9.17) is 10.5 Å². The van der Waals surface area contributed by atoms with E-state index in [-0.39, 0.29) is 18.7 Å². The molecule has 19 heavy (non-hydrogen) atoms. The van der Waals surface area contributed by atoms with Crippen LogP contribution in [0.25, 0.3) is 0 Å². The lowest BCUT2D eigenvalue weighted by Crippen LogP contribution is -2.56. The van der Waals surface area contributed by atoms with Gasteiger partial charge in [-0.05, 0) is 34.2 Å². The summed E-state index contributed by atoms with van der Waals surface area (Å²) in [5.41, 5.74) is 4.95. The number of aliphatic hydroxyl groups is 1. The Bertz CT molecular complexity index is 304. The highest BCUT2D eigenvalue weighted by Gasteiger charge is 2.33. The van der Waals surface area contributed by atoms with Crippen molar-refractivity contribution in [1.29, 1.82) is 0 Å². The number of rotatable bonds is 3. The largest absolute Gasteiger partial charge is 0.444 e. The molecule has 0 aromatic heterocycles. The van der Waals surface area contributed by atoms with Crippen molar-refractivity contribution >= 4 is 6.09 Å². The number of nitrogens with zero attached hydrogens (tertiary/aromatic N) is 2. The molecule has 6 nitrogen and oxygen atoms in total. The van der Waals surface area contributed by atoms with Gasteiger partial charge in [-0.3, -0.25) is 0 Å². The second-order valence-electron chi connectivity index (χ2n) is 6.22. The molecular weight excluding hydrogens is 246 g/mol. The van der Waals surface area contributed by atoms with Gasteiger partial charge in [-0.2, -0.15) is 0 Å². The van der Waals surface area contributed by atoms with E-state index < -0.39 is 11.7 Å². The molecule has 1 heterocycles. The standard InChI is InChI=1S/C13H27N3O3/c1-13(2,3)19-12(18)16-6-5-15(4)9-10(16)7-11(17)8-14/h10-11,17H,5-9,14H2,1-4H3. The topological polar surface area (TPSA) is 79.0 Å². The zero-order valence-electron chi connectivity index (χ0n) is 12.4. The molecule has 0 bridgehead atoms. The first-order valence-electron chi connectivity index (χ1n) is 6.79. The van der Waals surface area contributed by atoms with E-state index in [0.29, 0.717) is 13.0 Å². The van der Waals surface area contributed by atoms with Crippen molar-refractivity contribution in [2.24, 2.45) is 5.73 Å². The molecule has 0 spiro atoms. The molecule has 1 saturated heterocycles. The van der Waals surface area contributed by atoms with Crippen LogP contribution in [0.5, 0.6) is 0 Å². The van der Waals surface area contributed by atoms with Gasteiger partial charge in [0.2, 0.25) is 0 Å². The molecule has 112 valence electrons. The summed E-state index contributed by atoms with van der Waals surface area (Å²) in [5, 5.41) is 9.71. The average molecular weight is 273 g/mol. The van der Waals surface area contributed by atoms with Crippen LogP contribution in [-0.4, -0.2) is 72.0 Å². The van der Waals surface area contributed by atoms with Crippen molar-refractivity contribution in [1.82, 2.24) is 9.80 Å². The Morgan fingerprint density at radius 1 is 1.47 bits per heavy atom. The Morgan fingerprint density at radius 2 is 2.11 bits per heavy atom. The number of hydrogen-bond acceptors (Lipinski definition) is 5. The normalized spacial score (nSPS) is 23.3. The number of carbonyl (C=O) groups excluding carboxylic acids is 1. The van der Waals surface area contributed by atoms with Gasteiger partial charge in [-0.15, -0.1) is 0 Å². The molecule has 2 atom stereocenters. The van der Waals surface area contributed by atoms with Crippen molar-refractivity contribution in [3.05, 3.63) is 0 Å². The molecule has 1 rings (SSSR count). The third-order valence-electron chi connectivity index (χ3n) is 3.13. The smallest absolute Gasteiger partial charge is 0.410 e. The highest BCUT2D eigenvalue weighted by Crippen LogP contribution is 2.18. The summed E-state index contributed by atoms with van der Waals surface area (Å²) >= 11 is 0. The molecule has 0 saturated carbocycles. The number of nitrogens with two attached hydrogens (primary N) is 1. The summed E-state index contributed by atoms with van der Waals surface area (Å²) in [7, 11) is 2.01. The monoisotopic (exact) mass is 273 g/mol. The number of likely N-dealkylation sites (N-methyl/N-ethyl adjacent to an activating group) is 1. The maximum absolute atomic E-state index is 12.2. The third kappa shape index (κ3) is 5.34. The molecule has 1 fully saturated rings. The Kier molecular flexibility index (Phi) is 5.58. The minimum absolute atomic E-state index is 0.0489. The van der Waals surface area contributed by atoms with Crippen LogP contribution in [0.2, 0.25) is 0 Å². The van der Waals surface area contributed by atoms with Gasteiger partial charge >= 0.3 is 6.09 Å². The fraction of sp³-hybridized carbons (Fsp3) is 0.923. The SMILES string of the molecule is CN1CCN(C(=O)OC(C)(C)C)C(CC(O)CN)C1. The van der Waals surface area contributed by atoms with Gasteiger partial charge in [0.15, 0.2) is 0 Å². The summed E-state index contributed by atoms with van der Waals surface area (Å²) < 4.78 is 5.41. The maximum atomic E-state index is 12.2. The Labute approximate surface area is 115 Å². The van der Waals surface area contributed by atoms with Gasteiger partial charge in [0.25, 0.3) is 0 Å². The van der Waals surface area contributed by atoms with Crippen LogP contribution in [0.3, 0.4) is 0 Å². The first-order chi connectivity index (χ1) is 8.73. The molecule has 3 N–H and O–H groups in total.